The lowest BCUT2D eigenvalue weighted by molar-refractivity contribution is 1.46. The van der Waals surface area contributed by atoms with Crippen molar-refractivity contribution in [2.45, 2.75) is 4.90 Å². The van der Waals surface area contributed by atoms with Crippen molar-refractivity contribution in [1.29, 1.82) is 0 Å². The van der Waals surface area contributed by atoms with Crippen LogP contribution < -0.4 is 0 Å². The zero-order valence-corrected chi connectivity index (χ0v) is 16.2. The molecular formula is C24H21S2+. The van der Waals surface area contributed by atoms with Gasteiger partial charge in [0.25, 0.3) is 0 Å². The Morgan fingerprint density at radius 2 is 1.23 bits per heavy atom. The molecule has 128 valence electrons. The lowest BCUT2D eigenvalue weighted by Crippen LogP contribution is -1.80. The molecule has 0 unspecified atom stereocenters. The van der Waals surface area contributed by atoms with Gasteiger partial charge in [0.1, 0.15) is 12.2 Å². The average molecular weight is 374 g/mol. The summed E-state index contributed by atoms with van der Waals surface area (Å²) in [5, 5.41) is 0. The van der Waals surface area contributed by atoms with Gasteiger partial charge < -0.3 is 0 Å². The van der Waals surface area contributed by atoms with Crippen molar-refractivity contribution in [3.63, 3.8) is 0 Å². The topological polar surface area (TPSA) is 0 Å². The highest BCUT2D eigenvalue weighted by Crippen LogP contribution is 2.25. The summed E-state index contributed by atoms with van der Waals surface area (Å²) in [4.78, 5) is 1.02. The molecular weight excluding hydrogens is 352 g/mol. The van der Waals surface area contributed by atoms with Crippen LogP contribution in [0.4, 0.5) is 0 Å². The molecule has 3 aromatic carbocycles. The maximum atomic E-state index is 4.41. The molecule has 0 fully saturated rings. The molecule has 0 spiro atoms. The smallest absolute Gasteiger partial charge is 0.103 e. The molecule has 0 aliphatic heterocycles. The van der Waals surface area contributed by atoms with E-state index in [1.807, 2.05) is 66.7 Å². The van der Waals surface area contributed by atoms with Crippen LogP contribution in [0.3, 0.4) is 0 Å². The first-order valence-electron chi connectivity index (χ1n) is 8.19. The van der Waals surface area contributed by atoms with Crippen molar-refractivity contribution in [2.75, 3.05) is 0 Å². The van der Waals surface area contributed by atoms with Gasteiger partial charge in [-0.2, -0.15) is 13.5 Å². The van der Waals surface area contributed by atoms with Gasteiger partial charge in [0, 0.05) is 16.5 Å². The van der Waals surface area contributed by atoms with Gasteiger partial charge in [-0.05, 0) is 17.2 Å². The van der Waals surface area contributed by atoms with Gasteiger partial charge in [-0.1, -0.05) is 78.9 Å². The minimum Gasteiger partial charge on any atom is -0.197 e. The monoisotopic (exact) mass is 373 g/mol. The summed E-state index contributed by atoms with van der Waals surface area (Å²) in [6.45, 7) is 0. The molecule has 0 heterocycles. The second kappa shape index (κ2) is 10.5. The fraction of sp³-hybridized carbons (Fsp3) is 0. The predicted octanol–water partition coefficient (Wildman–Crippen LogP) is 6.75. The Morgan fingerprint density at radius 3 is 1.81 bits per heavy atom. The molecule has 1 aliphatic rings. The van der Waals surface area contributed by atoms with E-state index < -0.39 is 0 Å². The van der Waals surface area contributed by atoms with Crippen molar-refractivity contribution in [3.8, 4) is 11.1 Å². The Labute approximate surface area is 168 Å². The van der Waals surface area contributed by atoms with Gasteiger partial charge in [-0.25, -0.2) is 0 Å². The molecule has 0 radical (unpaired) electrons. The average Bonchev–Trinajstić information content (AvgIpc) is 2.71. The molecule has 3 aromatic rings. The van der Waals surface area contributed by atoms with Gasteiger partial charge in [0.2, 0.25) is 0 Å². The minimum absolute atomic E-state index is 0. The second-order valence-electron chi connectivity index (χ2n) is 5.54. The fourth-order valence-corrected chi connectivity index (χ4v) is 2.84. The summed E-state index contributed by atoms with van der Waals surface area (Å²) in [6.07, 6.45) is 11.0. The van der Waals surface area contributed by atoms with Crippen molar-refractivity contribution >= 4 is 31.7 Å². The lowest BCUT2D eigenvalue weighted by atomic mass is 10.0. The van der Waals surface area contributed by atoms with E-state index in [0.717, 1.165) is 4.90 Å². The number of thiol groups is 1. The normalized spacial score (nSPS) is 11.3. The number of rotatable bonds is 2. The third kappa shape index (κ3) is 5.50. The summed E-state index contributed by atoms with van der Waals surface area (Å²) >= 11 is 4.41. The standard InChI is InChI=1S/C12H10S.C12H9.H2S/c13-12-9-5-4-8-11(12)10-6-2-1-3-7-10;1-3-7-11(8-4-1)12-9-5-2-6-10-12;/h1-9,13H;1,3-10H;1H2/q;+1;. The highest BCUT2D eigenvalue weighted by atomic mass is 32.1. The molecule has 0 atom stereocenters. The van der Waals surface area contributed by atoms with Crippen LogP contribution in [-0.4, -0.2) is 0 Å². The summed E-state index contributed by atoms with van der Waals surface area (Å²) < 4.78 is 0. The fourth-order valence-electron chi connectivity index (χ4n) is 2.55. The highest BCUT2D eigenvalue weighted by molar-refractivity contribution is 7.80. The van der Waals surface area contributed by atoms with Gasteiger partial charge in [0.15, 0.2) is 0 Å². The molecule has 0 nitrogen and oxygen atoms in total. The van der Waals surface area contributed by atoms with E-state index in [9.17, 15) is 0 Å². The molecule has 1 aliphatic carbocycles. The van der Waals surface area contributed by atoms with E-state index in [-0.39, 0.29) is 13.5 Å². The van der Waals surface area contributed by atoms with Crippen LogP contribution >= 0.6 is 26.1 Å². The van der Waals surface area contributed by atoms with E-state index in [1.54, 1.807) is 0 Å². The molecule has 0 aromatic heterocycles. The van der Waals surface area contributed by atoms with Crippen molar-refractivity contribution in [3.05, 3.63) is 121 Å². The van der Waals surface area contributed by atoms with Crippen LogP contribution in [0.1, 0.15) is 5.56 Å². The Bertz CT molecular complexity index is 892. The molecule has 0 saturated carbocycles. The van der Waals surface area contributed by atoms with Gasteiger partial charge in [-0.15, -0.1) is 12.6 Å². The van der Waals surface area contributed by atoms with Gasteiger partial charge in [0.05, 0.1) is 17.7 Å². The van der Waals surface area contributed by atoms with E-state index >= 15 is 0 Å². The zero-order valence-electron chi connectivity index (χ0n) is 14.3. The van der Waals surface area contributed by atoms with Crippen molar-refractivity contribution in [2.24, 2.45) is 0 Å². The third-order valence-electron chi connectivity index (χ3n) is 3.81. The third-order valence-corrected chi connectivity index (χ3v) is 4.20. The van der Waals surface area contributed by atoms with Crippen LogP contribution in [0.15, 0.2) is 114 Å². The van der Waals surface area contributed by atoms with Crippen LogP contribution in [0.25, 0.3) is 16.7 Å². The minimum atomic E-state index is 0. The molecule has 0 saturated heterocycles. The number of hydrogen-bond acceptors (Lipinski definition) is 1. The van der Waals surface area contributed by atoms with Crippen LogP contribution in [0.5, 0.6) is 0 Å². The SMILES string of the molecule is S.Sc1ccccc1-c1ccccc1.[C+]1=CC=C(c2ccccc2)C=C1. The summed E-state index contributed by atoms with van der Waals surface area (Å²) in [6, 6.07) is 28.7. The summed E-state index contributed by atoms with van der Waals surface area (Å²) in [5.41, 5.74) is 4.90. The Balaban J connectivity index is 0.000000180. The molecule has 2 heteroatoms. The van der Waals surface area contributed by atoms with E-state index in [0.29, 0.717) is 0 Å². The zero-order chi connectivity index (χ0) is 17.3. The van der Waals surface area contributed by atoms with E-state index in [1.165, 1.54) is 22.3 Å². The summed E-state index contributed by atoms with van der Waals surface area (Å²) in [5.74, 6) is 0. The van der Waals surface area contributed by atoms with Crippen LogP contribution in [0, 0.1) is 6.08 Å². The molecule has 0 amide bonds. The first-order valence-corrected chi connectivity index (χ1v) is 8.64. The van der Waals surface area contributed by atoms with Crippen molar-refractivity contribution in [1.82, 2.24) is 0 Å². The largest absolute Gasteiger partial charge is 0.197 e. The van der Waals surface area contributed by atoms with Gasteiger partial charge >= 0.3 is 0 Å². The number of hydrogen-bond donors (Lipinski definition) is 1. The second-order valence-corrected chi connectivity index (χ2v) is 6.02. The number of allylic oxidation sites excluding steroid dienone is 6. The van der Waals surface area contributed by atoms with E-state index in [2.05, 4.69) is 61.2 Å². The first kappa shape index (κ1) is 19.8. The van der Waals surface area contributed by atoms with E-state index in [4.69, 9.17) is 0 Å². The summed E-state index contributed by atoms with van der Waals surface area (Å²) in [7, 11) is 0. The first-order chi connectivity index (χ1) is 12.3. The quantitative estimate of drug-likeness (QED) is 0.372. The number of benzene rings is 3. The maximum absolute atomic E-state index is 4.41. The Hall–Kier alpha value is -2.51. The molecule has 0 bridgehead atoms. The lowest BCUT2D eigenvalue weighted by Gasteiger charge is -2.03. The highest BCUT2D eigenvalue weighted by Gasteiger charge is 2.03. The molecule has 0 N–H and O–H groups in total. The molecule has 26 heavy (non-hydrogen) atoms. The Kier molecular flexibility index (Phi) is 7.98. The van der Waals surface area contributed by atoms with Crippen molar-refractivity contribution < 1.29 is 0 Å². The predicted molar refractivity (Wildman–Crippen MR) is 121 cm³/mol. The molecule has 4 rings (SSSR count). The van der Waals surface area contributed by atoms with Gasteiger partial charge in [-0.3, -0.25) is 0 Å². The Morgan fingerprint density at radius 1 is 0.654 bits per heavy atom. The van der Waals surface area contributed by atoms with Crippen LogP contribution in [0.2, 0.25) is 0 Å². The van der Waals surface area contributed by atoms with Crippen LogP contribution in [-0.2, 0) is 0 Å². The maximum Gasteiger partial charge on any atom is 0.103 e.